The minimum Gasteiger partial charge on any atom is -0.393 e. The smallest absolute Gasteiger partial charge is 0.219 e. The fourth-order valence-electron chi connectivity index (χ4n) is 10.6. The number of rotatable bonds is 8. The van der Waals surface area contributed by atoms with E-state index in [1.165, 1.54) is 32.1 Å². The number of hydroxylamine groups is 2. The summed E-state index contributed by atoms with van der Waals surface area (Å²) in [5.41, 5.74) is 0.557. The Balaban J connectivity index is 1.25. The highest BCUT2D eigenvalue weighted by molar-refractivity contribution is 5.81. The lowest BCUT2D eigenvalue weighted by Gasteiger charge is -2.62. The highest BCUT2D eigenvalue weighted by atomic mass is 16.7. The Hall–Kier alpha value is -0.980. The summed E-state index contributed by atoms with van der Waals surface area (Å²) in [6, 6.07) is -0.0700. The van der Waals surface area contributed by atoms with Crippen LogP contribution in [0.15, 0.2) is 0 Å². The number of hydrogen-bond acceptors (Lipinski definition) is 5. The van der Waals surface area contributed by atoms with Gasteiger partial charge in [0.25, 0.3) is 0 Å². The molecule has 38 heavy (non-hydrogen) atoms. The average Bonchev–Trinajstić information content (AvgIpc) is 3.48. The van der Waals surface area contributed by atoms with Gasteiger partial charge < -0.3 is 10.4 Å². The third-order valence-corrected chi connectivity index (χ3v) is 12.6. The molecule has 0 spiro atoms. The first-order valence-corrected chi connectivity index (χ1v) is 16.0. The van der Waals surface area contributed by atoms with Crippen LogP contribution in [0.2, 0.25) is 0 Å². The van der Waals surface area contributed by atoms with Gasteiger partial charge in [-0.3, -0.25) is 14.4 Å². The molecule has 1 aliphatic heterocycles. The molecule has 5 fully saturated rings. The van der Waals surface area contributed by atoms with Crippen LogP contribution in [0, 0.1) is 46.3 Å². The molecule has 5 aliphatic rings. The maximum absolute atomic E-state index is 12.1. The molecular formula is C32H54N2O4. The summed E-state index contributed by atoms with van der Waals surface area (Å²) in [7, 11) is 0. The van der Waals surface area contributed by atoms with Crippen molar-refractivity contribution in [2.75, 3.05) is 13.1 Å². The summed E-state index contributed by atoms with van der Waals surface area (Å²) in [5, 5.41) is 16.7. The average molecular weight is 531 g/mol. The van der Waals surface area contributed by atoms with Gasteiger partial charge >= 0.3 is 0 Å². The van der Waals surface area contributed by atoms with E-state index in [4.69, 9.17) is 4.84 Å². The van der Waals surface area contributed by atoms with Crippen LogP contribution in [0.25, 0.3) is 0 Å². The zero-order chi connectivity index (χ0) is 27.2. The molecule has 4 saturated carbocycles. The maximum atomic E-state index is 12.1. The van der Waals surface area contributed by atoms with Crippen molar-refractivity contribution in [1.29, 1.82) is 0 Å². The molecule has 0 bridgehead atoms. The van der Waals surface area contributed by atoms with Crippen LogP contribution in [0.3, 0.4) is 0 Å². The SMILES string of the molecule is CCNC(=O)CC[C@H](C)C1CCC2C3C(CC[C@@]21C)[C@@]1(C)CC[C@@H](ON2CCC[C@H]2C(C)=O)C[C@H]1C[C@H]3O. The number of ketones is 1. The number of carbonyl (C=O) groups is 2. The molecule has 1 saturated heterocycles. The zero-order valence-electron chi connectivity index (χ0n) is 24.7. The molecule has 4 unspecified atom stereocenters. The topological polar surface area (TPSA) is 78.9 Å². The molecule has 1 amide bonds. The third kappa shape index (κ3) is 5.00. The Kier molecular flexibility index (Phi) is 8.36. The molecule has 1 heterocycles. The number of amides is 1. The largest absolute Gasteiger partial charge is 0.393 e. The van der Waals surface area contributed by atoms with Crippen molar-refractivity contribution in [2.45, 2.75) is 130 Å². The molecule has 0 aromatic rings. The molecule has 6 nitrogen and oxygen atoms in total. The van der Waals surface area contributed by atoms with Crippen LogP contribution in [0.1, 0.15) is 112 Å². The highest BCUT2D eigenvalue weighted by Crippen LogP contribution is 2.68. The van der Waals surface area contributed by atoms with E-state index in [1.807, 2.05) is 12.0 Å². The van der Waals surface area contributed by atoms with E-state index in [1.54, 1.807) is 6.92 Å². The van der Waals surface area contributed by atoms with E-state index in [9.17, 15) is 14.7 Å². The van der Waals surface area contributed by atoms with Gasteiger partial charge in [0.2, 0.25) is 5.91 Å². The summed E-state index contributed by atoms with van der Waals surface area (Å²) in [4.78, 5) is 30.7. The number of nitrogens with zero attached hydrogens (tertiary/aromatic N) is 1. The highest BCUT2D eigenvalue weighted by Gasteiger charge is 2.63. The van der Waals surface area contributed by atoms with Gasteiger partial charge in [-0.25, -0.2) is 0 Å². The second kappa shape index (κ2) is 11.1. The van der Waals surface area contributed by atoms with Crippen molar-refractivity contribution < 1.29 is 19.5 Å². The van der Waals surface area contributed by atoms with Crippen LogP contribution < -0.4 is 5.32 Å². The number of aliphatic hydroxyl groups excluding tert-OH is 1. The number of nitrogens with one attached hydrogen (secondary N) is 1. The fourth-order valence-corrected chi connectivity index (χ4v) is 10.6. The Morgan fingerprint density at radius 2 is 1.79 bits per heavy atom. The molecule has 0 radical (unpaired) electrons. The van der Waals surface area contributed by atoms with Crippen molar-refractivity contribution in [3.63, 3.8) is 0 Å². The van der Waals surface area contributed by atoms with E-state index < -0.39 is 0 Å². The summed E-state index contributed by atoms with van der Waals surface area (Å²) in [6.07, 6.45) is 12.6. The lowest BCUT2D eigenvalue weighted by atomic mass is 9.43. The molecule has 4 aliphatic carbocycles. The molecule has 2 N–H and O–H groups in total. The summed E-state index contributed by atoms with van der Waals surface area (Å²) in [6.45, 7) is 12.7. The summed E-state index contributed by atoms with van der Waals surface area (Å²) in [5.74, 6) is 3.70. The quantitative estimate of drug-likeness (QED) is 0.432. The van der Waals surface area contributed by atoms with Gasteiger partial charge in [-0.2, -0.15) is 5.06 Å². The van der Waals surface area contributed by atoms with E-state index >= 15 is 0 Å². The van der Waals surface area contributed by atoms with E-state index in [-0.39, 0.29) is 40.8 Å². The Bertz CT molecular complexity index is 880. The van der Waals surface area contributed by atoms with Gasteiger partial charge in [0.05, 0.1) is 18.2 Å². The Labute approximate surface area is 231 Å². The van der Waals surface area contributed by atoms with Crippen LogP contribution in [-0.4, -0.2) is 53.2 Å². The zero-order valence-corrected chi connectivity index (χ0v) is 24.7. The van der Waals surface area contributed by atoms with Gasteiger partial charge in [-0.05, 0) is 131 Å². The predicted molar refractivity (Wildman–Crippen MR) is 149 cm³/mol. The lowest BCUT2D eigenvalue weighted by molar-refractivity contribution is -0.238. The molecular weight excluding hydrogens is 476 g/mol. The molecule has 216 valence electrons. The number of fused-ring (bicyclic) bond motifs is 5. The van der Waals surface area contributed by atoms with Gasteiger partial charge in [0.15, 0.2) is 0 Å². The first-order chi connectivity index (χ1) is 18.1. The lowest BCUT2D eigenvalue weighted by Crippen LogP contribution is -2.59. The van der Waals surface area contributed by atoms with Crippen LogP contribution in [0.4, 0.5) is 0 Å². The monoisotopic (exact) mass is 530 g/mol. The minimum atomic E-state index is -0.220. The fraction of sp³-hybridized carbons (Fsp3) is 0.938. The Morgan fingerprint density at radius 3 is 2.53 bits per heavy atom. The second-order valence-electron chi connectivity index (χ2n) is 14.4. The maximum Gasteiger partial charge on any atom is 0.219 e. The first kappa shape index (κ1) is 28.5. The van der Waals surface area contributed by atoms with Crippen LogP contribution >= 0.6 is 0 Å². The number of aliphatic hydroxyl groups is 1. The van der Waals surface area contributed by atoms with Gasteiger partial charge in [-0.1, -0.05) is 20.8 Å². The Morgan fingerprint density at radius 1 is 1.05 bits per heavy atom. The van der Waals surface area contributed by atoms with Gasteiger partial charge in [-0.15, -0.1) is 0 Å². The number of hydrogen-bond donors (Lipinski definition) is 2. The molecule has 6 heteroatoms. The minimum absolute atomic E-state index is 0.0700. The van der Waals surface area contributed by atoms with E-state index in [0.717, 1.165) is 45.1 Å². The van der Waals surface area contributed by atoms with Crippen molar-refractivity contribution in [1.82, 2.24) is 10.4 Å². The second-order valence-corrected chi connectivity index (χ2v) is 14.4. The number of Topliss-reactive ketones (excluding diaryl/α,β-unsaturated/α-hetero) is 1. The first-order valence-electron chi connectivity index (χ1n) is 16.0. The predicted octanol–water partition coefficient (Wildman–Crippen LogP) is 5.52. The molecule has 11 atom stereocenters. The van der Waals surface area contributed by atoms with Crippen molar-refractivity contribution in [3.8, 4) is 0 Å². The van der Waals surface area contributed by atoms with Crippen molar-refractivity contribution >= 4 is 11.7 Å². The molecule has 0 aromatic heterocycles. The van der Waals surface area contributed by atoms with Crippen molar-refractivity contribution in [2.24, 2.45) is 46.3 Å². The van der Waals surface area contributed by atoms with Gasteiger partial charge in [0, 0.05) is 19.5 Å². The molecule has 0 aromatic carbocycles. The van der Waals surface area contributed by atoms with E-state index in [0.29, 0.717) is 48.5 Å². The van der Waals surface area contributed by atoms with E-state index in [2.05, 4.69) is 26.1 Å². The summed E-state index contributed by atoms with van der Waals surface area (Å²) < 4.78 is 0. The van der Waals surface area contributed by atoms with Crippen LogP contribution in [0.5, 0.6) is 0 Å². The van der Waals surface area contributed by atoms with Crippen molar-refractivity contribution in [3.05, 3.63) is 0 Å². The number of carbonyl (C=O) groups excluding carboxylic acids is 2. The van der Waals surface area contributed by atoms with Gasteiger partial charge in [0.1, 0.15) is 5.78 Å². The third-order valence-electron chi connectivity index (χ3n) is 12.6. The van der Waals surface area contributed by atoms with Crippen LogP contribution in [-0.2, 0) is 14.4 Å². The normalized spacial score (nSPS) is 45.6. The molecule has 5 rings (SSSR count). The summed E-state index contributed by atoms with van der Waals surface area (Å²) >= 11 is 0. The standard InChI is InChI=1S/C32H54N2O4/c1-6-33-29(37)12-9-20(2)24-10-11-25-30-26(14-16-32(24,25)5)31(4)15-13-23(18-22(31)19-28(30)36)38-34-17-7-8-27(34)21(3)35/h20,22-28,30,36H,6-19H2,1-5H3,(H,33,37)/t20-,22-,23+,24?,25?,26?,27-,28+,30?,31-,32+/m0/s1.